The molecule has 0 spiro atoms. The minimum Gasteiger partial charge on any atom is -0.384 e. The Morgan fingerprint density at radius 1 is 1.21 bits per heavy atom. The van der Waals surface area contributed by atoms with Crippen LogP contribution in [0.15, 0.2) is 59.8 Å². The molecule has 0 aromatic heterocycles. The van der Waals surface area contributed by atoms with Crippen LogP contribution in [-0.4, -0.2) is 18.3 Å². The third kappa shape index (κ3) is 5.93. The Morgan fingerprint density at radius 2 is 1.88 bits per heavy atom. The maximum atomic E-state index is 11.9. The molecular weight excluding hydrogens is 326 g/mol. The third-order valence-corrected chi connectivity index (χ3v) is 3.60. The van der Waals surface area contributed by atoms with Crippen LogP contribution in [0.4, 0.5) is 0 Å². The highest BCUT2D eigenvalue weighted by Crippen LogP contribution is 2.15. The van der Waals surface area contributed by atoms with Gasteiger partial charge in [-0.15, -0.1) is 0 Å². The predicted molar refractivity (Wildman–Crippen MR) is 95.7 cm³/mol. The molecule has 2 rings (SSSR count). The van der Waals surface area contributed by atoms with Crippen LogP contribution in [0.25, 0.3) is 0 Å². The van der Waals surface area contributed by atoms with Crippen molar-refractivity contribution in [2.24, 2.45) is 10.9 Å². The van der Waals surface area contributed by atoms with Gasteiger partial charge in [0.25, 0.3) is 5.91 Å². The number of hydrogen-bond acceptors (Lipinski definition) is 3. The molecule has 0 aliphatic carbocycles. The van der Waals surface area contributed by atoms with Gasteiger partial charge in [0.1, 0.15) is 5.84 Å². The maximum Gasteiger partial charge on any atom is 0.261 e. The zero-order valence-corrected chi connectivity index (χ0v) is 14.2. The van der Waals surface area contributed by atoms with Gasteiger partial charge in [0.05, 0.1) is 6.04 Å². The van der Waals surface area contributed by atoms with E-state index in [0.29, 0.717) is 17.3 Å². The number of carbonyl (C=O) groups is 1. The number of halogens is 1. The topological polar surface area (TPSA) is 76.7 Å². The van der Waals surface area contributed by atoms with E-state index in [9.17, 15) is 4.79 Å². The lowest BCUT2D eigenvalue weighted by molar-refractivity contribution is -0.126. The fourth-order valence-corrected chi connectivity index (χ4v) is 2.26. The van der Waals surface area contributed by atoms with Gasteiger partial charge in [-0.05, 0) is 30.2 Å². The van der Waals surface area contributed by atoms with Crippen molar-refractivity contribution in [3.05, 3.63) is 70.7 Å². The second kappa shape index (κ2) is 8.93. The largest absolute Gasteiger partial charge is 0.384 e. The number of hydrogen-bond donors (Lipinski definition) is 2. The molecule has 0 heterocycles. The third-order valence-electron chi connectivity index (χ3n) is 3.35. The SMILES string of the molecule is CC(NC(=O)CO/N=C(/N)Cc1ccccc1)c1ccc(Cl)cc1. The van der Waals surface area contributed by atoms with Crippen LogP contribution in [0, 0.1) is 0 Å². The summed E-state index contributed by atoms with van der Waals surface area (Å²) in [5, 5.41) is 7.25. The maximum absolute atomic E-state index is 11.9. The Labute approximate surface area is 146 Å². The van der Waals surface area contributed by atoms with E-state index in [2.05, 4.69) is 10.5 Å². The predicted octanol–water partition coefficient (Wildman–Crippen LogP) is 3.05. The van der Waals surface area contributed by atoms with Gasteiger partial charge >= 0.3 is 0 Å². The lowest BCUT2D eigenvalue weighted by atomic mass is 10.1. The monoisotopic (exact) mass is 345 g/mol. The Morgan fingerprint density at radius 3 is 2.54 bits per heavy atom. The molecule has 0 aliphatic heterocycles. The fourth-order valence-electron chi connectivity index (χ4n) is 2.13. The summed E-state index contributed by atoms with van der Waals surface area (Å²) in [7, 11) is 0. The summed E-state index contributed by atoms with van der Waals surface area (Å²) in [6, 6.07) is 16.8. The second-order valence-electron chi connectivity index (χ2n) is 5.36. The summed E-state index contributed by atoms with van der Waals surface area (Å²) in [5.74, 6) is 0.0495. The summed E-state index contributed by atoms with van der Waals surface area (Å²) >= 11 is 5.84. The Hall–Kier alpha value is -2.53. The minimum absolute atomic E-state index is 0.149. The molecule has 2 aromatic carbocycles. The first-order valence-corrected chi connectivity index (χ1v) is 7.95. The Balaban J connectivity index is 1.76. The van der Waals surface area contributed by atoms with Gasteiger partial charge in [-0.1, -0.05) is 59.2 Å². The highest BCUT2D eigenvalue weighted by molar-refractivity contribution is 6.30. The summed E-state index contributed by atoms with van der Waals surface area (Å²) in [4.78, 5) is 16.9. The van der Waals surface area contributed by atoms with Crippen molar-refractivity contribution in [3.63, 3.8) is 0 Å². The minimum atomic E-state index is -0.270. The van der Waals surface area contributed by atoms with Crippen LogP contribution < -0.4 is 11.1 Å². The van der Waals surface area contributed by atoms with Crippen LogP contribution in [0.2, 0.25) is 5.02 Å². The molecule has 5 nitrogen and oxygen atoms in total. The van der Waals surface area contributed by atoms with Crippen molar-refractivity contribution < 1.29 is 9.63 Å². The van der Waals surface area contributed by atoms with Crippen molar-refractivity contribution in [1.82, 2.24) is 5.32 Å². The molecule has 24 heavy (non-hydrogen) atoms. The van der Waals surface area contributed by atoms with Gasteiger partial charge in [-0.25, -0.2) is 0 Å². The smallest absolute Gasteiger partial charge is 0.261 e. The molecule has 2 aromatic rings. The van der Waals surface area contributed by atoms with Gasteiger partial charge in [0.15, 0.2) is 6.61 Å². The summed E-state index contributed by atoms with van der Waals surface area (Å²) in [6.07, 6.45) is 0.476. The first-order chi connectivity index (χ1) is 11.5. The first-order valence-electron chi connectivity index (χ1n) is 7.57. The van der Waals surface area contributed by atoms with Gasteiger partial charge < -0.3 is 15.9 Å². The molecule has 0 saturated heterocycles. The number of amides is 1. The van der Waals surface area contributed by atoms with Crippen LogP contribution in [0.5, 0.6) is 0 Å². The fraction of sp³-hybridized carbons (Fsp3) is 0.222. The molecule has 3 N–H and O–H groups in total. The molecule has 0 radical (unpaired) electrons. The van der Waals surface area contributed by atoms with E-state index in [4.69, 9.17) is 22.2 Å². The van der Waals surface area contributed by atoms with Crippen molar-refractivity contribution >= 4 is 23.3 Å². The van der Waals surface area contributed by atoms with E-state index in [1.165, 1.54) is 0 Å². The lowest BCUT2D eigenvalue weighted by Gasteiger charge is -2.13. The normalized spacial score (nSPS) is 12.5. The number of oxime groups is 1. The average molecular weight is 346 g/mol. The molecule has 0 fully saturated rings. The number of nitrogens with zero attached hydrogens (tertiary/aromatic N) is 1. The zero-order chi connectivity index (χ0) is 17.4. The van der Waals surface area contributed by atoms with Crippen molar-refractivity contribution in [2.75, 3.05) is 6.61 Å². The number of amidine groups is 1. The molecule has 1 amide bonds. The van der Waals surface area contributed by atoms with Crippen LogP contribution >= 0.6 is 11.6 Å². The molecule has 6 heteroatoms. The first kappa shape index (κ1) is 17.8. The highest BCUT2D eigenvalue weighted by atomic mass is 35.5. The zero-order valence-electron chi connectivity index (χ0n) is 13.4. The Bertz CT molecular complexity index is 687. The van der Waals surface area contributed by atoms with Gasteiger partial charge in [-0.3, -0.25) is 4.79 Å². The quantitative estimate of drug-likeness (QED) is 0.460. The van der Waals surface area contributed by atoms with E-state index < -0.39 is 0 Å². The molecule has 1 atom stereocenters. The molecule has 0 saturated carbocycles. The van der Waals surface area contributed by atoms with Gasteiger partial charge in [0.2, 0.25) is 0 Å². The molecule has 0 bridgehead atoms. The standard InChI is InChI=1S/C18H20ClN3O2/c1-13(15-7-9-16(19)10-8-15)21-18(23)12-24-22-17(20)11-14-5-3-2-4-6-14/h2-10,13H,11-12H2,1H3,(H2,20,22)(H,21,23). The van der Waals surface area contributed by atoms with E-state index in [1.807, 2.05) is 49.4 Å². The van der Waals surface area contributed by atoms with Crippen LogP contribution in [-0.2, 0) is 16.1 Å². The second-order valence-corrected chi connectivity index (χ2v) is 5.80. The number of carbonyl (C=O) groups excluding carboxylic acids is 1. The highest BCUT2D eigenvalue weighted by Gasteiger charge is 2.10. The summed E-state index contributed by atoms with van der Waals surface area (Å²) in [5.41, 5.74) is 7.77. The van der Waals surface area contributed by atoms with Crippen LogP contribution in [0.3, 0.4) is 0 Å². The van der Waals surface area contributed by atoms with E-state index in [1.54, 1.807) is 12.1 Å². The van der Waals surface area contributed by atoms with Crippen molar-refractivity contribution in [2.45, 2.75) is 19.4 Å². The lowest BCUT2D eigenvalue weighted by Crippen LogP contribution is -2.30. The van der Waals surface area contributed by atoms with Crippen LogP contribution in [0.1, 0.15) is 24.1 Å². The number of nitrogens with two attached hydrogens (primary N) is 1. The van der Waals surface area contributed by atoms with Crippen molar-refractivity contribution in [3.8, 4) is 0 Å². The van der Waals surface area contributed by atoms with E-state index >= 15 is 0 Å². The molecule has 1 unspecified atom stereocenters. The Kier molecular flexibility index (Phi) is 6.63. The van der Waals surface area contributed by atoms with Crippen molar-refractivity contribution in [1.29, 1.82) is 0 Å². The average Bonchev–Trinajstić information content (AvgIpc) is 2.56. The molecule has 126 valence electrons. The van der Waals surface area contributed by atoms with E-state index in [-0.39, 0.29) is 18.6 Å². The number of rotatable bonds is 7. The van der Waals surface area contributed by atoms with E-state index in [0.717, 1.165) is 11.1 Å². The number of nitrogens with one attached hydrogen (secondary N) is 1. The summed E-state index contributed by atoms with van der Waals surface area (Å²) in [6.45, 7) is 1.70. The molecular formula is C18H20ClN3O2. The number of benzene rings is 2. The van der Waals surface area contributed by atoms with Gasteiger partial charge in [0, 0.05) is 11.4 Å². The molecule has 0 aliphatic rings. The summed E-state index contributed by atoms with van der Waals surface area (Å²) < 4.78 is 0. The van der Waals surface area contributed by atoms with Gasteiger partial charge in [-0.2, -0.15) is 0 Å².